The van der Waals surface area contributed by atoms with Gasteiger partial charge in [0.25, 0.3) is 5.91 Å². The standard InChI is InChI=1S/C17H19N3O2/c1-12-4-2-5-13(10-12)17(21)20-9-8-14(11-20)22-16-7-3-6-15(18)19-16/h2-7,10,14H,8-9,11H2,1H3,(H2,18,19). The molecule has 1 amide bonds. The highest BCUT2D eigenvalue weighted by Gasteiger charge is 2.28. The van der Waals surface area contributed by atoms with E-state index in [1.165, 1.54) is 0 Å². The Morgan fingerprint density at radius 3 is 2.91 bits per heavy atom. The zero-order valence-corrected chi connectivity index (χ0v) is 12.5. The first-order valence-corrected chi connectivity index (χ1v) is 7.37. The largest absolute Gasteiger partial charge is 0.472 e. The first-order valence-electron chi connectivity index (χ1n) is 7.37. The molecule has 1 saturated heterocycles. The monoisotopic (exact) mass is 297 g/mol. The van der Waals surface area contributed by atoms with Gasteiger partial charge in [0, 0.05) is 24.6 Å². The molecule has 22 heavy (non-hydrogen) atoms. The van der Waals surface area contributed by atoms with Crippen LogP contribution in [0.2, 0.25) is 0 Å². The molecular weight excluding hydrogens is 278 g/mol. The van der Waals surface area contributed by atoms with Crippen LogP contribution in [-0.4, -0.2) is 35.0 Å². The number of rotatable bonds is 3. The molecule has 114 valence electrons. The molecule has 0 bridgehead atoms. The summed E-state index contributed by atoms with van der Waals surface area (Å²) in [5, 5.41) is 0. The van der Waals surface area contributed by atoms with E-state index < -0.39 is 0 Å². The van der Waals surface area contributed by atoms with Crippen molar-refractivity contribution in [2.45, 2.75) is 19.4 Å². The highest BCUT2D eigenvalue weighted by Crippen LogP contribution is 2.19. The van der Waals surface area contributed by atoms with Crippen LogP contribution in [0.3, 0.4) is 0 Å². The number of hydrogen-bond acceptors (Lipinski definition) is 4. The second-order valence-electron chi connectivity index (χ2n) is 5.55. The third-order valence-corrected chi connectivity index (χ3v) is 3.73. The molecular formula is C17H19N3O2. The third kappa shape index (κ3) is 3.19. The highest BCUT2D eigenvalue weighted by molar-refractivity contribution is 5.94. The number of nitrogens with two attached hydrogens (primary N) is 1. The Labute approximate surface area is 129 Å². The van der Waals surface area contributed by atoms with Crippen LogP contribution in [0.25, 0.3) is 0 Å². The summed E-state index contributed by atoms with van der Waals surface area (Å²) in [6.45, 7) is 3.25. The van der Waals surface area contributed by atoms with Gasteiger partial charge in [-0.1, -0.05) is 23.8 Å². The van der Waals surface area contributed by atoms with Crippen LogP contribution >= 0.6 is 0 Å². The quantitative estimate of drug-likeness (QED) is 0.943. The van der Waals surface area contributed by atoms with Gasteiger partial charge in [-0.05, 0) is 25.1 Å². The van der Waals surface area contributed by atoms with Crippen molar-refractivity contribution in [2.75, 3.05) is 18.8 Å². The lowest BCUT2D eigenvalue weighted by Crippen LogP contribution is -2.31. The van der Waals surface area contributed by atoms with E-state index in [-0.39, 0.29) is 12.0 Å². The number of benzene rings is 1. The molecule has 1 aliphatic heterocycles. The average Bonchev–Trinajstić information content (AvgIpc) is 2.95. The lowest BCUT2D eigenvalue weighted by atomic mass is 10.1. The number of amides is 1. The minimum atomic E-state index is -0.0388. The molecule has 2 aromatic rings. The van der Waals surface area contributed by atoms with Crippen molar-refractivity contribution in [2.24, 2.45) is 0 Å². The number of carbonyl (C=O) groups is 1. The predicted octanol–water partition coefficient (Wildman–Crippen LogP) is 2.27. The molecule has 1 aromatic carbocycles. The number of likely N-dealkylation sites (tertiary alicyclic amines) is 1. The van der Waals surface area contributed by atoms with Crippen LogP contribution in [0, 0.1) is 6.92 Å². The predicted molar refractivity (Wildman–Crippen MR) is 84.8 cm³/mol. The summed E-state index contributed by atoms with van der Waals surface area (Å²) in [5.41, 5.74) is 7.45. The summed E-state index contributed by atoms with van der Waals surface area (Å²) >= 11 is 0. The second kappa shape index (κ2) is 6.05. The fraction of sp³-hybridized carbons (Fsp3) is 0.294. The fourth-order valence-corrected chi connectivity index (χ4v) is 2.64. The molecule has 0 radical (unpaired) electrons. The lowest BCUT2D eigenvalue weighted by Gasteiger charge is -2.17. The number of aryl methyl sites for hydroxylation is 1. The Kier molecular flexibility index (Phi) is 3.96. The van der Waals surface area contributed by atoms with Gasteiger partial charge in [0.15, 0.2) is 0 Å². The summed E-state index contributed by atoms with van der Waals surface area (Å²) in [6, 6.07) is 13.0. The minimum Gasteiger partial charge on any atom is -0.472 e. The van der Waals surface area contributed by atoms with E-state index in [0.29, 0.717) is 24.8 Å². The topological polar surface area (TPSA) is 68.5 Å². The van der Waals surface area contributed by atoms with Gasteiger partial charge < -0.3 is 15.4 Å². The molecule has 1 aliphatic rings. The van der Waals surface area contributed by atoms with E-state index >= 15 is 0 Å². The number of pyridine rings is 1. The molecule has 0 spiro atoms. The maximum Gasteiger partial charge on any atom is 0.253 e. The second-order valence-corrected chi connectivity index (χ2v) is 5.55. The lowest BCUT2D eigenvalue weighted by molar-refractivity contribution is 0.0771. The number of anilines is 1. The van der Waals surface area contributed by atoms with Gasteiger partial charge in [0.2, 0.25) is 5.88 Å². The van der Waals surface area contributed by atoms with Gasteiger partial charge in [0.05, 0.1) is 6.54 Å². The van der Waals surface area contributed by atoms with E-state index in [4.69, 9.17) is 10.5 Å². The maximum absolute atomic E-state index is 12.5. The smallest absolute Gasteiger partial charge is 0.253 e. The molecule has 1 fully saturated rings. The van der Waals surface area contributed by atoms with Gasteiger partial charge >= 0.3 is 0 Å². The van der Waals surface area contributed by atoms with Crippen LogP contribution in [0.15, 0.2) is 42.5 Å². The van der Waals surface area contributed by atoms with Crippen LogP contribution < -0.4 is 10.5 Å². The van der Waals surface area contributed by atoms with Crippen LogP contribution in [-0.2, 0) is 0 Å². The van der Waals surface area contributed by atoms with Crippen molar-refractivity contribution < 1.29 is 9.53 Å². The molecule has 1 atom stereocenters. The van der Waals surface area contributed by atoms with Crippen molar-refractivity contribution in [3.05, 3.63) is 53.6 Å². The number of aromatic nitrogens is 1. The van der Waals surface area contributed by atoms with Gasteiger partial charge in [-0.3, -0.25) is 4.79 Å². The minimum absolute atomic E-state index is 0.0388. The first-order chi connectivity index (χ1) is 10.6. The molecule has 2 N–H and O–H groups in total. The van der Waals surface area contributed by atoms with E-state index in [2.05, 4.69) is 4.98 Å². The van der Waals surface area contributed by atoms with E-state index in [1.807, 2.05) is 42.2 Å². The number of nitrogen functional groups attached to an aromatic ring is 1. The molecule has 5 heteroatoms. The maximum atomic E-state index is 12.5. The number of nitrogens with zero attached hydrogens (tertiary/aromatic N) is 2. The van der Waals surface area contributed by atoms with Crippen LogP contribution in [0.4, 0.5) is 5.82 Å². The van der Waals surface area contributed by atoms with Crippen molar-refractivity contribution >= 4 is 11.7 Å². The van der Waals surface area contributed by atoms with Crippen LogP contribution in [0.5, 0.6) is 5.88 Å². The Morgan fingerprint density at radius 2 is 2.14 bits per heavy atom. The molecule has 2 heterocycles. The average molecular weight is 297 g/mol. The van der Waals surface area contributed by atoms with E-state index in [1.54, 1.807) is 12.1 Å². The SMILES string of the molecule is Cc1cccc(C(=O)N2CCC(Oc3cccc(N)n3)C2)c1. The third-order valence-electron chi connectivity index (χ3n) is 3.73. The molecule has 3 rings (SSSR count). The van der Waals surface area contributed by atoms with E-state index in [9.17, 15) is 4.79 Å². The number of carbonyl (C=O) groups excluding carboxylic acids is 1. The van der Waals surface area contributed by atoms with Crippen molar-refractivity contribution in [3.63, 3.8) is 0 Å². The molecule has 0 aliphatic carbocycles. The highest BCUT2D eigenvalue weighted by atomic mass is 16.5. The van der Waals surface area contributed by atoms with Crippen LogP contribution in [0.1, 0.15) is 22.3 Å². The van der Waals surface area contributed by atoms with E-state index in [0.717, 1.165) is 17.5 Å². The van der Waals surface area contributed by atoms with Gasteiger partial charge in [-0.25, -0.2) is 0 Å². The summed E-state index contributed by atoms with van der Waals surface area (Å²) in [6.07, 6.45) is 0.761. The number of hydrogen-bond donors (Lipinski definition) is 1. The van der Waals surface area contributed by atoms with Crippen molar-refractivity contribution in [1.29, 1.82) is 0 Å². The fourth-order valence-electron chi connectivity index (χ4n) is 2.64. The Morgan fingerprint density at radius 1 is 1.32 bits per heavy atom. The van der Waals surface area contributed by atoms with Gasteiger partial charge in [-0.15, -0.1) is 0 Å². The Hall–Kier alpha value is -2.56. The zero-order valence-electron chi connectivity index (χ0n) is 12.5. The summed E-state index contributed by atoms with van der Waals surface area (Å²) in [5.74, 6) is 0.994. The van der Waals surface area contributed by atoms with Crippen molar-refractivity contribution in [3.8, 4) is 5.88 Å². The molecule has 0 saturated carbocycles. The van der Waals surface area contributed by atoms with Crippen molar-refractivity contribution in [1.82, 2.24) is 9.88 Å². The summed E-state index contributed by atoms with van der Waals surface area (Å²) in [4.78, 5) is 18.4. The Bertz CT molecular complexity index is 687. The summed E-state index contributed by atoms with van der Waals surface area (Å²) in [7, 11) is 0. The molecule has 1 aromatic heterocycles. The summed E-state index contributed by atoms with van der Waals surface area (Å²) < 4.78 is 5.81. The molecule has 5 nitrogen and oxygen atoms in total. The Balaban J connectivity index is 1.63. The normalized spacial score (nSPS) is 17.5. The molecule has 1 unspecified atom stereocenters. The number of ether oxygens (including phenoxy) is 1. The zero-order chi connectivity index (χ0) is 15.5. The van der Waals surface area contributed by atoms with Gasteiger partial charge in [-0.2, -0.15) is 4.98 Å². The first kappa shape index (κ1) is 14.4. The van der Waals surface area contributed by atoms with Gasteiger partial charge in [0.1, 0.15) is 11.9 Å².